The fraction of sp³-hybridized carbons (Fsp3) is 0.167. The summed E-state index contributed by atoms with van der Waals surface area (Å²) in [5, 5.41) is 3.15. The zero-order valence-electron chi connectivity index (χ0n) is 8.94. The van der Waals surface area contributed by atoms with Crippen molar-refractivity contribution in [2.45, 2.75) is 6.92 Å². The van der Waals surface area contributed by atoms with Gasteiger partial charge in [-0.15, -0.1) is 0 Å². The number of nitrogens with zero attached hydrogens (tertiary/aromatic N) is 2. The average molecular weight is 278 g/mol. The SMILES string of the molecule is CCNc1cncc(-c2ccccc2Br)n1. The molecule has 0 amide bonds. The van der Waals surface area contributed by atoms with Crippen molar-refractivity contribution in [1.82, 2.24) is 9.97 Å². The molecule has 0 atom stereocenters. The first-order valence-electron chi connectivity index (χ1n) is 5.12. The lowest BCUT2D eigenvalue weighted by Gasteiger charge is -2.06. The number of hydrogen-bond acceptors (Lipinski definition) is 3. The molecular weight excluding hydrogens is 266 g/mol. The monoisotopic (exact) mass is 277 g/mol. The number of nitrogens with one attached hydrogen (secondary N) is 1. The Labute approximate surface area is 103 Å². The third kappa shape index (κ3) is 2.39. The molecule has 0 spiro atoms. The van der Waals surface area contributed by atoms with Crippen LogP contribution in [-0.2, 0) is 0 Å². The van der Waals surface area contributed by atoms with E-state index in [0.717, 1.165) is 28.1 Å². The van der Waals surface area contributed by atoms with E-state index >= 15 is 0 Å². The summed E-state index contributed by atoms with van der Waals surface area (Å²) in [5.41, 5.74) is 1.92. The molecular formula is C12H12BrN3. The average Bonchev–Trinajstić information content (AvgIpc) is 2.30. The van der Waals surface area contributed by atoms with Gasteiger partial charge in [-0.2, -0.15) is 0 Å². The van der Waals surface area contributed by atoms with Crippen LogP contribution in [-0.4, -0.2) is 16.5 Å². The number of anilines is 1. The Morgan fingerprint density at radius 3 is 2.81 bits per heavy atom. The van der Waals surface area contributed by atoms with E-state index in [1.807, 2.05) is 31.2 Å². The highest BCUT2D eigenvalue weighted by Gasteiger charge is 2.04. The van der Waals surface area contributed by atoms with Crippen molar-refractivity contribution >= 4 is 21.7 Å². The van der Waals surface area contributed by atoms with Crippen molar-refractivity contribution in [3.8, 4) is 11.3 Å². The fourth-order valence-electron chi connectivity index (χ4n) is 1.43. The maximum atomic E-state index is 4.49. The predicted molar refractivity (Wildman–Crippen MR) is 69.3 cm³/mol. The van der Waals surface area contributed by atoms with Gasteiger partial charge in [-0.3, -0.25) is 4.98 Å². The van der Waals surface area contributed by atoms with Gasteiger partial charge in [-0.1, -0.05) is 34.1 Å². The van der Waals surface area contributed by atoms with E-state index < -0.39 is 0 Å². The Bertz CT molecular complexity index is 485. The molecule has 2 aromatic rings. The Morgan fingerprint density at radius 1 is 1.25 bits per heavy atom. The van der Waals surface area contributed by atoms with Gasteiger partial charge >= 0.3 is 0 Å². The van der Waals surface area contributed by atoms with E-state index in [0.29, 0.717) is 0 Å². The molecule has 0 aliphatic carbocycles. The largest absolute Gasteiger partial charge is 0.369 e. The first-order chi connectivity index (χ1) is 7.81. The third-order valence-corrected chi connectivity index (χ3v) is 2.83. The van der Waals surface area contributed by atoms with Crippen LogP contribution in [0.25, 0.3) is 11.3 Å². The van der Waals surface area contributed by atoms with E-state index in [9.17, 15) is 0 Å². The van der Waals surface area contributed by atoms with Crippen LogP contribution in [0.5, 0.6) is 0 Å². The van der Waals surface area contributed by atoms with Gasteiger partial charge in [0.2, 0.25) is 0 Å². The number of hydrogen-bond donors (Lipinski definition) is 1. The standard InChI is InChI=1S/C12H12BrN3/c1-2-15-12-8-14-7-11(16-12)9-5-3-4-6-10(9)13/h3-8H,2H2,1H3,(H,15,16). The van der Waals surface area contributed by atoms with Gasteiger partial charge in [0, 0.05) is 16.6 Å². The van der Waals surface area contributed by atoms with Crippen LogP contribution < -0.4 is 5.32 Å². The Hall–Kier alpha value is -1.42. The quantitative estimate of drug-likeness (QED) is 0.935. The molecule has 4 heteroatoms. The molecule has 0 saturated heterocycles. The molecule has 0 unspecified atom stereocenters. The minimum absolute atomic E-state index is 0.802. The van der Waals surface area contributed by atoms with Crippen molar-refractivity contribution < 1.29 is 0 Å². The van der Waals surface area contributed by atoms with Gasteiger partial charge in [0.25, 0.3) is 0 Å². The summed E-state index contributed by atoms with van der Waals surface area (Å²) in [5.74, 6) is 0.802. The zero-order valence-corrected chi connectivity index (χ0v) is 10.5. The van der Waals surface area contributed by atoms with Crippen molar-refractivity contribution in [1.29, 1.82) is 0 Å². The van der Waals surface area contributed by atoms with E-state index in [-0.39, 0.29) is 0 Å². The van der Waals surface area contributed by atoms with Crippen LogP contribution in [0, 0.1) is 0 Å². The molecule has 2 rings (SSSR count). The van der Waals surface area contributed by atoms with Gasteiger partial charge in [0.1, 0.15) is 5.82 Å². The zero-order chi connectivity index (χ0) is 11.4. The van der Waals surface area contributed by atoms with E-state index in [1.54, 1.807) is 12.4 Å². The van der Waals surface area contributed by atoms with Gasteiger partial charge in [0.15, 0.2) is 0 Å². The highest BCUT2D eigenvalue weighted by atomic mass is 79.9. The molecule has 0 bridgehead atoms. The van der Waals surface area contributed by atoms with Gasteiger partial charge in [-0.05, 0) is 13.0 Å². The van der Waals surface area contributed by atoms with Crippen LogP contribution >= 0.6 is 15.9 Å². The summed E-state index contributed by atoms with van der Waals surface area (Å²) < 4.78 is 1.03. The summed E-state index contributed by atoms with van der Waals surface area (Å²) in [6.07, 6.45) is 3.49. The fourth-order valence-corrected chi connectivity index (χ4v) is 1.92. The molecule has 1 aromatic heterocycles. The van der Waals surface area contributed by atoms with E-state index in [2.05, 4.69) is 31.2 Å². The van der Waals surface area contributed by atoms with Crippen LogP contribution in [0.1, 0.15) is 6.92 Å². The summed E-state index contributed by atoms with van der Waals surface area (Å²) in [6, 6.07) is 7.98. The molecule has 3 nitrogen and oxygen atoms in total. The third-order valence-electron chi connectivity index (χ3n) is 2.14. The number of aromatic nitrogens is 2. The second kappa shape index (κ2) is 5.07. The maximum absolute atomic E-state index is 4.49. The Kier molecular flexibility index (Phi) is 3.51. The summed E-state index contributed by atoms with van der Waals surface area (Å²) in [7, 11) is 0. The molecule has 0 radical (unpaired) electrons. The van der Waals surface area contributed by atoms with E-state index in [4.69, 9.17) is 0 Å². The molecule has 16 heavy (non-hydrogen) atoms. The lowest BCUT2D eigenvalue weighted by molar-refractivity contribution is 1.12. The van der Waals surface area contributed by atoms with Crippen LogP contribution in [0.3, 0.4) is 0 Å². The highest BCUT2D eigenvalue weighted by molar-refractivity contribution is 9.10. The minimum atomic E-state index is 0.802. The lowest BCUT2D eigenvalue weighted by Crippen LogP contribution is -2.00. The predicted octanol–water partition coefficient (Wildman–Crippen LogP) is 3.34. The topological polar surface area (TPSA) is 37.8 Å². The molecule has 0 aliphatic rings. The van der Waals surface area contributed by atoms with Crippen LogP contribution in [0.4, 0.5) is 5.82 Å². The highest BCUT2D eigenvalue weighted by Crippen LogP contribution is 2.26. The second-order valence-electron chi connectivity index (χ2n) is 3.30. The molecule has 1 heterocycles. The van der Waals surface area contributed by atoms with Crippen molar-refractivity contribution in [2.24, 2.45) is 0 Å². The van der Waals surface area contributed by atoms with Crippen LogP contribution in [0.2, 0.25) is 0 Å². The molecule has 0 saturated carbocycles. The van der Waals surface area contributed by atoms with E-state index in [1.165, 1.54) is 0 Å². The minimum Gasteiger partial charge on any atom is -0.369 e. The van der Waals surface area contributed by atoms with Gasteiger partial charge in [0.05, 0.1) is 18.1 Å². The first-order valence-corrected chi connectivity index (χ1v) is 5.91. The smallest absolute Gasteiger partial charge is 0.145 e. The molecule has 1 aromatic carbocycles. The number of rotatable bonds is 3. The lowest BCUT2D eigenvalue weighted by atomic mass is 10.2. The maximum Gasteiger partial charge on any atom is 0.145 e. The van der Waals surface area contributed by atoms with Gasteiger partial charge < -0.3 is 5.32 Å². The van der Waals surface area contributed by atoms with Crippen LogP contribution in [0.15, 0.2) is 41.1 Å². The van der Waals surface area contributed by atoms with Crippen molar-refractivity contribution in [3.63, 3.8) is 0 Å². The number of benzene rings is 1. The van der Waals surface area contributed by atoms with Gasteiger partial charge in [-0.25, -0.2) is 4.98 Å². The second-order valence-corrected chi connectivity index (χ2v) is 4.15. The Morgan fingerprint density at radius 2 is 2.06 bits per heavy atom. The molecule has 82 valence electrons. The van der Waals surface area contributed by atoms with Crippen molar-refractivity contribution in [3.05, 3.63) is 41.1 Å². The summed E-state index contributed by atoms with van der Waals surface area (Å²) in [4.78, 5) is 8.66. The molecule has 1 N–H and O–H groups in total. The summed E-state index contributed by atoms with van der Waals surface area (Å²) in [6.45, 7) is 2.88. The normalized spacial score (nSPS) is 10.1. The van der Waals surface area contributed by atoms with Crippen molar-refractivity contribution in [2.75, 3.05) is 11.9 Å². The summed E-state index contributed by atoms with van der Waals surface area (Å²) >= 11 is 3.51. The molecule has 0 fully saturated rings. The number of halogens is 1. The first kappa shape index (κ1) is 11.1. The Balaban J connectivity index is 2.40. The molecule has 0 aliphatic heterocycles.